The number of halogens is 1. The molecule has 1 aromatic carbocycles. The number of benzene rings is 1. The number of thiazole rings is 1. The van der Waals surface area contributed by atoms with E-state index in [0.717, 1.165) is 17.2 Å². The van der Waals surface area contributed by atoms with Crippen LogP contribution >= 0.6 is 22.9 Å². The Hall–Kier alpha value is -2.78. The second-order valence-electron chi connectivity index (χ2n) is 7.00. The molecule has 158 valence electrons. The van der Waals surface area contributed by atoms with Crippen molar-refractivity contribution in [2.24, 2.45) is 5.92 Å². The number of rotatable bonds is 8. The Morgan fingerprint density at radius 3 is 2.97 bits per heavy atom. The van der Waals surface area contributed by atoms with E-state index < -0.39 is 0 Å². The molecule has 1 aliphatic carbocycles. The molecule has 3 aromatic rings. The molecule has 30 heavy (non-hydrogen) atoms. The minimum Gasteiger partial charge on any atom is -0.493 e. The van der Waals surface area contributed by atoms with Gasteiger partial charge in [-0.05, 0) is 37.8 Å². The van der Waals surface area contributed by atoms with Gasteiger partial charge in [0.25, 0.3) is 5.19 Å². The van der Waals surface area contributed by atoms with Crippen molar-refractivity contribution in [3.63, 3.8) is 0 Å². The second kappa shape index (κ2) is 8.93. The fourth-order valence-electron chi connectivity index (χ4n) is 2.62. The van der Waals surface area contributed by atoms with E-state index in [4.69, 9.17) is 25.6 Å². The molecule has 0 saturated heterocycles. The van der Waals surface area contributed by atoms with Crippen molar-refractivity contribution >= 4 is 29.0 Å². The fraction of sp³-hybridized carbons (Fsp3) is 0.350. The third-order valence-electron chi connectivity index (χ3n) is 4.55. The Morgan fingerprint density at radius 1 is 1.40 bits per heavy atom. The number of carbonyl (C=O) groups excluding carboxylic acids is 1. The number of amides is 2. The van der Waals surface area contributed by atoms with Crippen molar-refractivity contribution in [2.75, 3.05) is 13.7 Å². The maximum atomic E-state index is 11.4. The van der Waals surface area contributed by atoms with Crippen LogP contribution in [0.2, 0.25) is 5.02 Å². The maximum Gasteiger partial charge on any atom is 0.315 e. The molecule has 0 spiro atoms. The number of urea groups is 1. The van der Waals surface area contributed by atoms with Crippen LogP contribution in [0.5, 0.6) is 16.7 Å². The van der Waals surface area contributed by atoms with Crippen molar-refractivity contribution in [1.29, 1.82) is 0 Å². The Morgan fingerprint density at radius 2 is 2.23 bits per heavy atom. The smallest absolute Gasteiger partial charge is 0.315 e. The first-order valence-corrected chi connectivity index (χ1v) is 10.7. The minimum absolute atomic E-state index is 0.297. The van der Waals surface area contributed by atoms with Crippen molar-refractivity contribution in [3.05, 3.63) is 41.2 Å². The van der Waals surface area contributed by atoms with Crippen LogP contribution in [0.25, 0.3) is 10.6 Å². The van der Waals surface area contributed by atoms with E-state index >= 15 is 0 Å². The molecule has 1 saturated carbocycles. The molecule has 8 nitrogen and oxygen atoms in total. The molecule has 1 fully saturated rings. The Kier molecular flexibility index (Phi) is 6.10. The summed E-state index contributed by atoms with van der Waals surface area (Å²) in [4.78, 5) is 16.5. The molecule has 0 bridgehead atoms. The normalized spacial score (nSPS) is 14.2. The Labute approximate surface area is 182 Å². The largest absolute Gasteiger partial charge is 0.493 e. The summed E-state index contributed by atoms with van der Waals surface area (Å²) in [6, 6.07) is 6.49. The molecule has 2 heterocycles. The van der Waals surface area contributed by atoms with Gasteiger partial charge in [-0.25, -0.2) is 9.78 Å². The monoisotopic (exact) mass is 448 g/mol. The number of ether oxygens (including phenoxy) is 2. The van der Waals surface area contributed by atoms with E-state index in [1.807, 2.05) is 6.07 Å². The molecular formula is C20H21ClN4O4S. The number of hydrogen-bond acceptors (Lipinski definition) is 7. The Bertz CT molecular complexity index is 1030. The lowest BCUT2D eigenvalue weighted by molar-refractivity contribution is 0.237. The molecule has 1 aliphatic rings. The zero-order valence-corrected chi connectivity index (χ0v) is 18.0. The van der Waals surface area contributed by atoms with Gasteiger partial charge in [-0.2, -0.15) is 0 Å². The van der Waals surface area contributed by atoms with Gasteiger partial charge >= 0.3 is 6.03 Å². The van der Waals surface area contributed by atoms with Gasteiger partial charge < -0.3 is 24.6 Å². The van der Waals surface area contributed by atoms with Crippen LogP contribution in [-0.2, 0) is 0 Å². The minimum atomic E-state index is -0.325. The molecule has 1 unspecified atom stereocenters. The summed E-state index contributed by atoms with van der Waals surface area (Å²) in [7, 11) is 1.55. The highest BCUT2D eigenvalue weighted by Gasteiger charge is 2.22. The first kappa shape index (κ1) is 20.5. The second-order valence-corrected chi connectivity index (χ2v) is 8.40. The van der Waals surface area contributed by atoms with Gasteiger partial charge in [-0.15, -0.1) is 0 Å². The molecule has 10 heteroatoms. The predicted octanol–water partition coefficient (Wildman–Crippen LogP) is 5.02. The summed E-state index contributed by atoms with van der Waals surface area (Å²) in [6.07, 6.45) is 4.12. The van der Waals surface area contributed by atoms with E-state index in [2.05, 4.69) is 20.8 Å². The molecule has 4 rings (SSSR count). The lowest BCUT2D eigenvalue weighted by atomic mass is 10.2. The summed E-state index contributed by atoms with van der Waals surface area (Å²) in [5.74, 6) is 2.44. The topological polar surface area (TPSA) is 98.5 Å². The summed E-state index contributed by atoms with van der Waals surface area (Å²) in [5.41, 5.74) is 0.609. The first-order chi connectivity index (χ1) is 14.5. The van der Waals surface area contributed by atoms with Crippen LogP contribution in [0, 0.1) is 5.92 Å². The van der Waals surface area contributed by atoms with E-state index in [-0.39, 0.29) is 12.1 Å². The zero-order chi connectivity index (χ0) is 21.1. The fourth-order valence-corrected chi connectivity index (χ4v) is 3.56. The summed E-state index contributed by atoms with van der Waals surface area (Å²) in [5, 5.41) is 10.2. The van der Waals surface area contributed by atoms with Gasteiger partial charge in [0.15, 0.2) is 5.76 Å². The molecule has 2 N–H and O–H groups in total. The van der Waals surface area contributed by atoms with Gasteiger partial charge in [-0.3, -0.25) is 0 Å². The zero-order valence-electron chi connectivity index (χ0n) is 16.5. The van der Waals surface area contributed by atoms with Gasteiger partial charge in [0, 0.05) is 19.2 Å². The standard InChI is InChI=1S/C20H21ClN4O4S/c1-11(24-19(26)22-2)17-8-15(25-29-17)18-9-23-20(30-18)28-16-6-5-13(7-14(16)21)27-10-12-3-4-12/h5-9,11-12H,3-4,10H2,1-2H3,(H2,22,24,26). The SMILES string of the molecule is CNC(=O)NC(C)c1cc(-c2cnc(Oc3ccc(OCC4CC4)cc3Cl)s2)no1. The van der Waals surface area contributed by atoms with E-state index in [9.17, 15) is 4.79 Å². The van der Waals surface area contributed by atoms with Crippen LogP contribution in [0.1, 0.15) is 31.6 Å². The van der Waals surface area contributed by atoms with Crippen LogP contribution in [0.3, 0.4) is 0 Å². The van der Waals surface area contributed by atoms with E-state index in [1.165, 1.54) is 24.2 Å². The number of nitrogens with zero attached hydrogens (tertiary/aromatic N) is 2. The van der Waals surface area contributed by atoms with Gasteiger partial charge in [-0.1, -0.05) is 28.1 Å². The van der Waals surface area contributed by atoms with Crippen molar-refractivity contribution < 1.29 is 18.8 Å². The highest BCUT2D eigenvalue weighted by atomic mass is 35.5. The number of carbonyl (C=O) groups is 1. The van der Waals surface area contributed by atoms with Crippen molar-refractivity contribution in [1.82, 2.24) is 20.8 Å². The van der Waals surface area contributed by atoms with Crippen molar-refractivity contribution in [3.8, 4) is 27.3 Å². The van der Waals surface area contributed by atoms with Crippen LogP contribution in [-0.4, -0.2) is 29.8 Å². The van der Waals surface area contributed by atoms with E-state index in [1.54, 1.807) is 38.4 Å². The summed E-state index contributed by atoms with van der Waals surface area (Å²) >= 11 is 7.64. The first-order valence-electron chi connectivity index (χ1n) is 9.53. The number of nitrogens with one attached hydrogen (secondary N) is 2. The average molecular weight is 449 g/mol. The van der Waals surface area contributed by atoms with Crippen LogP contribution < -0.4 is 20.1 Å². The van der Waals surface area contributed by atoms with Gasteiger partial charge in [0.1, 0.15) is 17.2 Å². The van der Waals surface area contributed by atoms with E-state index in [0.29, 0.717) is 33.3 Å². The van der Waals surface area contributed by atoms with Crippen LogP contribution in [0.15, 0.2) is 35.0 Å². The van der Waals surface area contributed by atoms with Gasteiger partial charge in [0.05, 0.1) is 28.7 Å². The third kappa shape index (κ3) is 5.03. The average Bonchev–Trinajstić information content (AvgIpc) is 3.23. The lowest BCUT2D eigenvalue weighted by Gasteiger charge is -2.09. The molecule has 0 aliphatic heterocycles. The molecule has 1 atom stereocenters. The predicted molar refractivity (Wildman–Crippen MR) is 113 cm³/mol. The lowest BCUT2D eigenvalue weighted by Crippen LogP contribution is -2.34. The third-order valence-corrected chi connectivity index (χ3v) is 5.74. The molecular weight excluding hydrogens is 428 g/mol. The van der Waals surface area contributed by atoms with Crippen molar-refractivity contribution in [2.45, 2.75) is 25.8 Å². The highest BCUT2D eigenvalue weighted by molar-refractivity contribution is 7.16. The summed E-state index contributed by atoms with van der Waals surface area (Å²) in [6.45, 7) is 2.53. The quantitative estimate of drug-likeness (QED) is 0.501. The van der Waals surface area contributed by atoms with Crippen LogP contribution in [0.4, 0.5) is 4.79 Å². The highest BCUT2D eigenvalue weighted by Crippen LogP contribution is 2.37. The maximum absolute atomic E-state index is 11.4. The summed E-state index contributed by atoms with van der Waals surface area (Å²) < 4.78 is 16.9. The molecule has 0 radical (unpaired) electrons. The van der Waals surface area contributed by atoms with Gasteiger partial charge in [0.2, 0.25) is 0 Å². The molecule has 2 amide bonds. The Balaban J connectivity index is 1.40. The number of hydrogen-bond donors (Lipinski definition) is 2. The number of aromatic nitrogens is 2. The molecule has 2 aromatic heterocycles.